The van der Waals surface area contributed by atoms with Crippen LogP contribution in [0.2, 0.25) is 10.0 Å². The summed E-state index contributed by atoms with van der Waals surface area (Å²) in [5.41, 5.74) is 5.53. The average Bonchev–Trinajstić information content (AvgIpc) is 2.31. The summed E-state index contributed by atoms with van der Waals surface area (Å²) in [6.45, 7) is 2.78. The van der Waals surface area contributed by atoms with E-state index in [0.29, 0.717) is 33.8 Å². The van der Waals surface area contributed by atoms with Crippen molar-refractivity contribution < 1.29 is 8.95 Å². The first-order valence-corrected chi connectivity index (χ1v) is 7.31. The Bertz CT molecular complexity index is 401. The number of hydrogen-bond donors (Lipinski definition) is 1. The van der Waals surface area contributed by atoms with Crippen LogP contribution < -0.4 is 5.73 Å². The molecule has 0 aliphatic carbocycles. The number of benzene rings is 1. The van der Waals surface area contributed by atoms with Crippen molar-refractivity contribution in [1.82, 2.24) is 0 Å². The Hall–Kier alpha value is -0.130. The van der Waals surface area contributed by atoms with Gasteiger partial charge in [-0.2, -0.15) is 0 Å². The van der Waals surface area contributed by atoms with Gasteiger partial charge in [0.1, 0.15) is 0 Å². The molecule has 0 saturated carbocycles. The van der Waals surface area contributed by atoms with E-state index in [2.05, 4.69) is 0 Å². The van der Waals surface area contributed by atoms with Gasteiger partial charge in [-0.1, -0.05) is 23.2 Å². The Labute approximate surface area is 114 Å². The second-order valence-electron chi connectivity index (χ2n) is 3.40. The Kier molecular flexibility index (Phi) is 6.44. The summed E-state index contributed by atoms with van der Waals surface area (Å²) in [4.78, 5) is 0.637. The van der Waals surface area contributed by atoms with E-state index in [0.717, 1.165) is 0 Å². The summed E-state index contributed by atoms with van der Waals surface area (Å²) < 4.78 is 17.4. The number of rotatable bonds is 6. The van der Waals surface area contributed by atoms with Gasteiger partial charge in [0.2, 0.25) is 0 Å². The van der Waals surface area contributed by atoms with E-state index in [1.807, 2.05) is 6.92 Å². The maximum absolute atomic E-state index is 12.0. The number of ether oxygens (including phenoxy) is 1. The van der Waals surface area contributed by atoms with Gasteiger partial charge in [-0.15, -0.1) is 0 Å². The molecule has 1 aromatic carbocycles. The van der Waals surface area contributed by atoms with E-state index < -0.39 is 10.8 Å². The molecule has 3 nitrogen and oxygen atoms in total. The normalized spacial score (nSPS) is 14.6. The van der Waals surface area contributed by atoms with E-state index in [1.165, 1.54) is 0 Å². The predicted molar refractivity (Wildman–Crippen MR) is 72.2 cm³/mol. The maximum Gasteiger partial charge on any atom is 0.0815 e. The fourth-order valence-corrected chi connectivity index (χ4v) is 2.90. The van der Waals surface area contributed by atoms with E-state index in [9.17, 15) is 4.21 Å². The van der Waals surface area contributed by atoms with Gasteiger partial charge < -0.3 is 10.5 Å². The van der Waals surface area contributed by atoms with Crippen LogP contribution in [0.3, 0.4) is 0 Å². The minimum atomic E-state index is -1.18. The van der Waals surface area contributed by atoms with Crippen molar-refractivity contribution in [3.05, 3.63) is 28.2 Å². The van der Waals surface area contributed by atoms with Crippen molar-refractivity contribution in [1.29, 1.82) is 0 Å². The first kappa shape index (κ1) is 14.9. The van der Waals surface area contributed by atoms with Gasteiger partial charge in [-0.05, 0) is 25.1 Å². The molecular weight excluding hydrogens is 281 g/mol. The van der Waals surface area contributed by atoms with E-state index in [4.69, 9.17) is 33.7 Å². The molecular formula is C11H15Cl2NO2S. The van der Waals surface area contributed by atoms with Gasteiger partial charge in [0.05, 0.1) is 32.7 Å². The van der Waals surface area contributed by atoms with Crippen LogP contribution in [0.15, 0.2) is 23.1 Å². The van der Waals surface area contributed by atoms with Crippen LogP contribution in [0.1, 0.15) is 6.92 Å². The van der Waals surface area contributed by atoms with Gasteiger partial charge in [-0.25, -0.2) is 0 Å². The molecule has 0 saturated heterocycles. The zero-order valence-electron chi connectivity index (χ0n) is 9.49. The Morgan fingerprint density at radius 3 is 2.65 bits per heavy atom. The van der Waals surface area contributed by atoms with Crippen molar-refractivity contribution in [3.8, 4) is 0 Å². The second kappa shape index (κ2) is 7.34. The highest BCUT2D eigenvalue weighted by Crippen LogP contribution is 2.24. The van der Waals surface area contributed by atoms with Crippen molar-refractivity contribution >= 4 is 34.0 Å². The molecule has 17 heavy (non-hydrogen) atoms. The molecule has 1 rings (SSSR count). The quantitative estimate of drug-likeness (QED) is 0.877. The molecule has 1 aromatic rings. The maximum atomic E-state index is 12.0. The van der Waals surface area contributed by atoms with Crippen LogP contribution in [0, 0.1) is 0 Å². The molecule has 0 aliphatic rings. The van der Waals surface area contributed by atoms with E-state index in [-0.39, 0.29) is 6.10 Å². The van der Waals surface area contributed by atoms with Crippen molar-refractivity contribution in [3.63, 3.8) is 0 Å². The molecule has 0 spiro atoms. The van der Waals surface area contributed by atoms with Gasteiger partial charge in [-0.3, -0.25) is 4.21 Å². The average molecular weight is 296 g/mol. The molecule has 0 fully saturated rings. The largest absolute Gasteiger partial charge is 0.376 e. The lowest BCUT2D eigenvalue weighted by Gasteiger charge is -2.14. The smallest absolute Gasteiger partial charge is 0.0815 e. The Morgan fingerprint density at radius 2 is 2.12 bits per heavy atom. The Morgan fingerprint density at radius 1 is 1.41 bits per heavy atom. The van der Waals surface area contributed by atoms with Gasteiger partial charge in [0.25, 0.3) is 0 Å². The monoisotopic (exact) mass is 295 g/mol. The summed E-state index contributed by atoms with van der Waals surface area (Å²) in [5, 5.41) is 0.853. The summed E-state index contributed by atoms with van der Waals surface area (Å²) in [5.74, 6) is 0.363. The fraction of sp³-hybridized carbons (Fsp3) is 0.455. The third kappa shape index (κ3) is 4.56. The van der Waals surface area contributed by atoms with Crippen LogP contribution in [0.25, 0.3) is 0 Å². The molecule has 0 amide bonds. The third-order valence-electron chi connectivity index (χ3n) is 2.16. The van der Waals surface area contributed by atoms with Crippen LogP contribution in [0.5, 0.6) is 0 Å². The minimum absolute atomic E-state index is 0.199. The first-order chi connectivity index (χ1) is 8.08. The zero-order chi connectivity index (χ0) is 12.8. The predicted octanol–water partition coefficient (Wildman–Crippen LogP) is 2.46. The standard InChI is InChI=1S/C11H15Cl2NO2S/c1-2-16-8(6-14)7-17(15)9-3-4-10(12)11(13)5-9/h3-5,8H,2,6-7,14H2,1H3. The van der Waals surface area contributed by atoms with E-state index in [1.54, 1.807) is 18.2 Å². The summed E-state index contributed by atoms with van der Waals surface area (Å²) in [7, 11) is -1.18. The first-order valence-electron chi connectivity index (χ1n) is 5.23. The summed E-state index contributed by atoms with van der Waals surface area (Å²) in [6.07, 6.45) is -0.199. The second-order valence-corrected chi connectivity index (χ2v) is 5.71. The molecule has 0 aliphatic heterocycles. The molecule has 6 heteroatoms. The van der Waals surface area contributed by atoms with Gasteiger partial charge in [0.15, 0.2) is 0 Å². The lowest BCUT2D eigenvalue weighted by molar-refractivity contribution is 0.0852. The molecule has 2 atom stereocenters. The summed E-state index contributed by atoms with van der Waals surface area (Å²) >= 11 is 11.7. The molecule has 0 aromatic heterocycles. The highest BCUT2D eigenvalue weighted by Gasteiger charge is 2.13. The zero-order valence-corrected chi connectivity index (χ0v) is 11.8. The molecule has 96 valence electrons. The number of halogens is 2. The highest BCUT2D eigenvalue weighted by atomic mass is 35.5. The van der Waals surface area contributed by atoms with Crippen molar-refractivity contribution in [2.45, 2.75) is 17.9 Å². The lowest BCUT2D eigenvalue weighted by atomic mass is 10.4. The SMILES string of the molecule is CCOC(CN)CS(=O)c1ccc(Cl)c(Cl)c1. The molecule has 0 bridgehead atoms. The van der Waals surface area contributed by atoms with Gasteiger partial charge >= 0.3 is 0 Å². The topological polar surface area (TPSA) is 52.3 Å². The molecule has 0 heterocycles. The third-order valence-corrected chi connectivity index (χ3v) is 4.35. The molecule has 2 N–H and O–H groups in total. The molecule has 2 unspecified atom stereocenters. The minimum Gasteiger partial charge on any atom is -0.376 e. The van der Waals surface area contributed by atoms with Gasteiger partial charge in [0, 0.05) is 18.0 Å². The number of hydrogen-bond acceptors (Lipinski definition) is 3. The fourth-order valence-electron chi connectivity index (χ4n) is 1.30. The Balaban J connectivity index is 2.72. The summed E-state index contributed by atoms with van der Waals surface area (Å²) in [6, 6.07) is 4.94. The lowest BCUT2D eigenvalue weighted by Crippen LogP contribution is -2.29. The highest BCUT2D eigenvalue weighted by molar-refractivity contribution is 7.85. The van der Waals surface area contributed by atoms with Crippen LogP contribution in [0.4, 0.5) is 0 Å². The van der Waals surface area contributed by atoms with E-state index >= 15 is 0 Å². The molecule has 0 radical (unpaired) electrons. The van der Waals surface area contributed by atoms with Crippen LogP contribution in [-0.2, 0) is 15.5 Å². The van der Waals surface area contributed by atoms with Crippen molar-refractivity contribution in [2.24, 2.45) is 5.73 Å². The van der Waals surface area contributed by atoms with Crippen molar-refractivity contribution in [2.75, 3.05) is 18.9 Å². The number of nitrogens with two attached hydrogens (primary N) is 1. The van der Waals surface area contributed by atoms with Crippen LogP contribution in [-0.4, -0.2) is 29.2 Å². The van der Waals surface area contributed by atoms with Crippen LogP contribution >= 0.6 is 23.2 Å².